The van der Waals surface area contributed by atoms with Crippen molar-refractivity contribution in [1.82, 2.24) is 20.8 Å². The molecule has 0 radical (unpaired) electrons. The first-order valence-electron chi connectivity index (χ1n) is 7.98. The summed E-state index contributed by atoms with van der Waals surface area (Å²) in [5, 5.41) is 13.4. The molecular formula is C17H26IN5O2. The Labute approximate surface area is 165 Å². The van der Waals surface area contributed by atoms with Crippen molar-refractivity contribution in [3.8, 4) is 11.5 Å². The van der Waals surface area contributed by atoms with Gasteiger partial charge in [0, 0.05) is 19.3 Å². The first-order chi connectivity index (χ1) is 11.8. The molecule has 7 nitrogen and oxygen atoms in total. The molecule has 2 aromatic rings. The Balaban J connectivity index is 0.00000312. The number of aromatic nitrogens is 2. The van der Waals surface area contributed by atoms with Crippen LogP contribution in [0.4, 0.5) is 0 Å². The van der Waals surface area contributed by atoms with E-state index < -0.39 is 0 Å². The van der Waals surface area contributed by atoms with Gasteiger partial charge in [-0.3, -0.25) is 5.10 Å². The van der Waals surface area contributed by atoms with Crippen LogP contribution < -0.4 is 20.1 Å². The molecule has 0 atom stereocenters. The molecule has 0 amide bonds. The summed E-state index contributed by atoms with van der Waals surface area (Å²) in [6.07, 6.45) is 2.58. The van der Waals surface area contributed by atoms with Crippen LogP contribution in [0.1, 0.15) is 18.2 Å². The van der Waals surface area contributed by atoms with E-state index in [1.165, 1.54) is 5.56 Å². The van der Waals surface area contributed by atoms with Crippen LogP contribution in [-0.4, -0.2) is 43.5 Å². The molecule has 25 heavy (non-hydrogen) atoms. The lowest BCUT2D eigenvalue weighted by Gasteiger charge is -2.12. The summed E-state index contributed by atoms with van der Waals surface area (Å²) >= 11 is 0. The van der Waals surface area contributed by atoms with Gasteiger partial charge in [0.2, 0.25) is 0 Å². The second-order valence-corrected chi connectivity index (χ2v) is 5.14. The molecule has 0 aliphatic carbocycles. The van der Waals surface area contributed by atoms with Gasteiger partial charge in [-0.05, 0) is 37.1 Å². The number of nitrogens with zero attached hydrogens (tertiary/aromatic N) is 2. The molecule has 8 heteroatoms. The normalized spacial score (nSPS) is 10.8. The maximum atomic E-state index is 5.33. The van der Waals surface area contributed by atoms with Crippen molar-refractivity contribution in [3.05, 3.63) is 41.7 Å². The molecule has 0 fully saturated rings. The Hall–Kier alpha value is -1.97. The van der Waals surface area contributed by atoms with E-state index in [1.807, 2.05) is 31.2 Å². The van der Waals surface area contributed by atoms with Gasteiger partial charge < -0.3 is 20.1 Å². The molecule has 0 unspecified atom stereocenters. The predicted molar refractivity (Wildman–Crippen MR) is 110 cm³/mol. The van der Waals surface area contributed by atoms with Gasteiger partial charge in [-0.1, -0.05) is 6.07 Å². The molecule has 1 heterocycles. The number of hydrogen-bond acceptors (Lipinski definition) is 4. The average molecular weight is 459 g/mol. The minimum absolute atomic E-state index is 0. The van der Waals surface area contributed by atoms with Crippen LogP contribution in [0.2, 0.25) is 0 Å². The maximum Gasteiger partial charge on any atom is 0.191 e. The summed E-state index contributed by atoms with van der Waals surface area (Å²) in [6, 6.07) is 7.87. The zero-order valence-corrected chi connectivity index (χ0v) is 17.2. The van der Waals surface area contributed by atoms with Crippen molar-refractivity contribution < 1.29 is 9.47 Å². The van der Waals surface area contributed by atoms with Crippen LogP contribution in [0.3, 0.4) is 0 Å². The van der Waals surface area contributed by atoms with E-state index in [-0.39, 0.29) is 24.0 Å². The Kier molecular flexibility index (Phi) is 9.75. The molecule has 1 aromatic heterocycles. The van der Waals surface area contributed by atoms with Crippen LogP contribution in [0, 0.1) is 0 Å². The van der Waals surface area contributed by atoms with Crippen LogP contribution in [0.15, 0.2) is 35.5 Å². The number of H-pyrrole nitrogens is 1. The monoisotopic (exact) mass is 459 g/mol. The van der Waals surface area contributed by atoms with Crippen molar-refractivity contribution in [2.45, 2.75) is 19.9 Å². The van der Waals surface area contributed by atoms with E-state index in [2.05, 4.69) is 25.8 Å². The standard InChI is InChI=1S/C17H25N5O2.HI/c1-4-18-17(20-12-14-8-10-21-22-14)19-9-7-13-5-6-15(23-2)16(11-13)24-3;/h5-6,8,10-11H,4,7,9,12H2,1-3H3,(H,21,22)(H2,18,19,20);1H. The summed E-state index contributed by atoms with van der Waals surface area (Å²) in [5.74, 6) is 2.27. The molecule has 0 spiro atoms. The van der Waals surface area contributed by atoms with Crippen LogP contribution >= 0.6 is 24.0 Å². The molecule has 2 rings (SSSR count). The third-order valence-electron chi connectivity index (χ3n) is 3.46. The van der Waals surface area contributed by atoms with Gasteiger partial charge in [-0.15, -0.1) is 24.0 Å². The number of guanidine groups is 1. The molecule has 0 bridgehead atoms. The SMILES string of the molecule is CCNC(=NCc1ccn[nH]1)NCCc1ccc(OC)c(OC)c1.I. The van der Waals surface area contributed by atoms with Crippen molar-refractivity contribution in [1.29, 1.82) is 0 Å². The van der Waals surface area contributed by atoms with Gasteiger partial charge in [0.1, 0.15) is 0 Å². The first-order valence-corrected chi connectivity index (χ1v) is 7.98. The van der Waals surface area contributed by atoms with E-state index in [1.54, 1.807) is 20.4 Å². The Morgan fingerprint density at radius 3 is 2.60 bits per heavy atom. The number of rotatable bonds is 8. The number of hydrogen-bond donors (Lipinski definition) is 3. The number of ether oxygens (including phenoxy) is 2. The fourth-order valence-electron chi connectivity index (χ4n) is 2.24. The molecule has 0 aliphatic heterocycles. The van der Waals surface area contributed by atoms with E-state index in [0.717, 1.165) is 42.7 Å². The molecule has 1 aromatic carbocycles. The highest BCUT2D eigenvalue weighted by Gasteiger charge is 2.05. The number of halogens is 1. The zero-order chi connectivity index (χ0) is 17.2. The van der Waals surface area contributed by atoms with E-state index in [4.69, 9.17) is 9.47 Å². The van der Waals surface area contributed by atoms with Gasteiger partial charge in [-0.2, -0.15) is 5.10 Å². The third-order valence-corrected chi connectivity index (χ3v) is 3.46. The second-order valence-electron chi connectivity index (χ2n) is 5.14. The summed E-state index contributed by atoms with van der Waals surface area (Å²) in [6.45, 7) is 4.18. The number of aromatic amines is 1. The van der Waals surface area contributed by atoms with E-state index in [0.29, 0.717) is 6.54 Å². The Bertz CT molecular complexity index is 646. The van der Waals surface area contributed by atoms with Crippen LogP contribution in [-0.2, 0) is 13.0 Å². The van der Waals surface area contributed by atoms with Gasteiger partial charge in [0.15, 0.2) is 17.5 Å². The summed E-state index contributed by atoms with van der Waals surface area (Å²) < 4.78 is 10.6. The molecule has 138 valence electrons. The molecular weight excluding hydrogens is 433 g/mol. The van der Waals surface area contributed by atoms with Gasteiger partial charge in [-0.25, -0.2) is 4.99 Å². The van der Waals surface area contributed by atoms with Gasteiger partial charge >= 0.3 is 0 Å². The quantitative estimate of drug-likeness (QED) is 0.321. The highest BCUT2D eigenvalue weighted by Crippen LogP contribution is 2.27. The summed E-state index contributed by atoms with van der Waals surface area (Å²) in [4.78, 5) is 4.53. The average Bonchev–Trinajstić information content (AvgIpc) is 3.13. The number of nitrogens with one attached hydrogen (secondary N) is 3. The van der Waals surface area contributed by atoms with Crippen molar-refractivity contribution in [2.75, 3.05) is 27.3 Å². The fourth-order valence-corrected chi connectivity index (χ4v) is 2.24. The highest BCUT2D eigenvalue weighted by atomic mass is 127. The van der Waals surface area contributed by atoms with Crippen LogP contribution in [0.25, 0.3) is 0 Å². The number of aliphatic imine (C=N–C) groups is 1. The fraction of sp³-hybridized carbons (Fsp3) is 0.412. The molecule has 0 saturated carbocycles. The minimum Gasteiger partial charge on any atom is -0.493 e. The van der Waals surface area contributed by atoms with Crippen molar-refractivity contribution in [3.63, 3.8) is 0 Å². The third kappa shape index (κ3) is 6.81. The Morgan fingerprint density at radius 1 is 1.16 bits per heavy atom. The summed E-state index contributed by atoms with van der Waals surface area (Å²) in [7, 11) is 3.28. The minimum atomic E-state index is 0. The lowest BCUT2D eigenvalue weighted by atomic mass is 10.1. The number of benzene rings is 1. The lowest BCUT2D eigenvalue weighted by Crippen LogP contribution is -2.38. The summed E-state index contributed by atoms with van der Waals surface area (Å²) in [5.41, 5.74) is 2.15. The van der Waals surface area contributed by atoms with E-state index >= 15 is 0 Å². The molecule has 0 aliphatic rings. The van der Waals surface area contributed by atoms with Crippen molar-refractivity contribution in [2.24, 2.45) is 4.99 Å². The largest absolute Gasteiger partial charge is 0.493 e. The number of methoxy groups -OCH3 is 2. The highest BCUT2D eigenvalue weighted by molar-refractivity contribution is 14.0. The second kappa shape index (κ2) is 11.6. The van der Waals surface area contributed by atoms with Gasteiger partial charge in [0.25, 0.3) is 0 Å². The maximum absolute atomic E-state index is 5.33. The first kappa shape index (κ1) is 21.1. The lowest BCUT2D eigenvalue weighted by molar-refractivity contribution is 0.354. The van der Waals surface area contributed by atoms with Crippen molar-refractivity contribution >= 4 is 29.9 Å². The topological polar surface area (TPSA) is 83.6 Å². The van der Waals surface area contributed by atoms with Crippen LogP contribution in [0.5, 0.6) is 11.5 Å². The molecule has 0 saturated heterocycles. The van der Waals surface area contributed by atoms with Gasteiger partial charge in [0.05, 0.1) is 26.5 Å². The smallest absolute Gasteiger partial charge is 0.191 e. The zero-order valence-electron chi connectivity index (χ0n) is 14.8. The van der Waals surface area contributed by atoms with E-state index in [9.17, 15) is 0 Å². The Morgan fingerprint density at radius 2 is 1.96 bits per heavy atom. The predicted octanol–water partition coefficient (Wildman–Crippen LogP) is 2.34. The molecule has 3 N–H and O–H groups in total.